The molecule has 5 heteroatoms. The predicted molar refractivity (Wildman–Crippen MR) is 64.6 cm³/mol. The van der Waals surface area contributed by atoms with E-state index < -0.39 is 0 Å². The van der Waals surface area contributed by atoms with Crippen molar-refractivity contribution in [1.82, 2.24) is 15.1 Å². The smallest absolute Gasteiger partial charge is 0.258 e. The standard InChI is InChI=1S/C13H9N3O2/c17-11-3-1-2-10(8-11)12-15-13(18-16-12)9-4-6-14-7-5-9/h1-8,17H. The van der Waals surface area contributed by atoms with Crippen LogP contribution in [0.2, 0.25) is 0 Å². The zero-order valence-electron chi connectivity index (χ0n) is 9.32. The molecule has 0 bridgehead atoms. The highest BCUT2D eigenvalue weighted by Gasteiger charge is 2.10. The maximum atomic E-state index is 9.40. The van der Waals surface area contributed by atoms with E-state index in [4.69, 9.17) is 4.52 Å². The molecule has 0 aliphatic carbocycles. The fourth-order valence-electron chi connectivity index (χ4n) is 1.60. The molecule has 3 rings (SSSR count). The van der Waals surface area contributed by atoms with Crippen LogP contribution < -0.4 is 0 Å². The zero-order chi connectivity index (χ0) is 12.4. The molecule has 3 aromatic rings. The lowest BCUT2D eigenvalue weighted by molar-refractivity contribution is 0.432. The Morgan fingerprint density at radius 1 is 1.00 bits per heavy atom. The number of aromatic hydroxyl groups is 1. The average Bonchev–Trinajstić information content (AvgIpc) is 2.89. The molecule has 0 radical (unpaired) electrons. The van der Waals surface area contributed by atoms with E-state index in [1.807, 2.05) is 0 Å². The molecule has 0 fully saturated rings. The number of phenols is 1. The van der Waals surface area contributed by atoms with Gasteiger partial charge in [-0.2, -0.15) is 4.98 Å². The van der Waals surface area contributed by atoms with E-state index >= 15 is 0 Å². The molecule has 0 aliphatic rings. The first-order valence-electron chi connectivity index (χ1n) is 5.36. The lowest BCUT2D eigenvalue weighted by Gasteiger charge is -1.94. The van der Waals surface area contributed by atoms with E-state index in [0.29, 0.717) is 17.3 Å². The van der Waals surface area contributed by atoms with Gasteiger partial charge in [-0.25, -0.2) is 0 Å². The van der Waals surface area contributed by atoms with E-state index in [2.05, 4.69) is 15.1 Å². The maximum absolute atomic E-state index is 9.40. The Morgan fingerprint density at radius 2 is 1.83 bits per heavy atom. The second kappa shape index (κ2) is 4.29. The molecule has 1 N–H and O–H groups in total. The Balaban J connectivity index is 2.00. The van der Waals surface area contributed by atoms with Crippen molar-refractivity contribution in [3.8, 4) is 28.6 Å². The summed E-state index contributed by atoms with van der Waals surface area (Å²) in [6.45, 7) is 0. The zero-order valence-corrected chi connectivity index (χ0v) is 9.32. The van der Waals surface area contributed by atoms with Gasteiger partial charge >= 0.3 is 0 Å². The molecular weight excluding hydrogens is 230 g/mol. The van der Waals surface area contributed by atoms with Gasteiger partial charge in [0.1, 0.15) is 5.75 Å². The van der Waals surface area contributed by atoms with Gasteiger partial charge in [0.25, 0.3) is 5.89 Å². The normalized spacial score (nSPS) is 10.4. The van der Waals surface area contributed by atoms with Gasteiger partial charge in [0.05, 0.1) is 0 Å². The molecule has 0 amide bonds. The molecular formula is C13H9N3O2. The molecule has 0 atom stereocenters. The van der Waals surface area contributed by atoms with Crippen molar-refractivity contribution >= 4 is 0 Å². The third-order valence-corrected chi connectivity index (χ3v) is 2.46. The van der Waals surface area contributed by atoms with Crippen LogP contribution in [0.4, 0.5) is 0 Å². The lowest BCUT2D eigenvalue weighted by Crippen LogP contribution is -1.81. The van der Waals surface area contributed by atoms with Crippen molar-refractivity contribution < 1.29 is 9.63 Å². The SMILES string of the molecule is Oc1cccc(-c2noc(-c3ccncc3)n2)c1. The van der Waals surface area contributed by atoms with Crippen molar-refractivity contribution in [2.75, 3.05) is 0 Å². The summed E-state index contributed by atoms with van der Waals surface area (Å²) in [7, 11) is 0. The van der Waals surface area contributed by atoms with E-state index in [1.54, 1.807) is 48.8 Å². The molecule has 1 aromatic carbocycles. The minimum Gasteiger partial charge on any atom is -0.508 e. The summed E-state index contributed by atoms with van der Waals surface area (Å²) in [5, 5.41) is 13.3. The third-order valence-electron chi connectivity index (χ3n) is 2.46. The molecule has 0 aliphatic heterocycles. The number of aromatic nitrogens is 3. The molecule has 0 saturated heterocycles. The largest absolute Gasteiger partial charge is 0.508 e. The Bertz CT molecular complexity index is 665. The molecule has 0 saturated carbocycles. The Kier molecular flexibility index (Phi) is 2.49. The molecule has 2 heterocycles. The maximum Gasteiger partial charge on any atom is 0.258 e. The van der Waals surface area contributed by atoms with Crippen LogP contribution in [-0.4, -0.2) is 20.2 Å². The first-order valence-corrected chi connectivity index (χ1v) is 5.36. The Hall–Kier alpha value is -2.69. The van der Waals surface area contributed by atoms with Gasteiger partial charge in [0.2, 0.25) is 5.82 Å². The number of phenolic OH excluding ortho intramolecular Hbond substituents is 1. The van der Waals surface area contributed by atoms with Gasteiger partial charge in [0, 0.05) is 23.5 Å². The number of hydrogen-bond acceptors (Lipinski definition) is 5. The third kappa shape index (κ3) is 1.93. The van der Waals surface area contributed by atoms with Gasteiger partial charge < -0.3 is 9.63 Å². The fourth-order valence-corrected chi connectivity index (χ4v) is 1.60. The van der Waals surface area contributed by atoms with Gasteiger partial charge in [-0.3, -0.25) is 4.98 Å². The van der Waals surface area contributed by atoms with Crippen LogP contribution in [0.15, 0.2) is 53.3 Å². The average molecular weight is 239 g/mol. The number of hydrogen-bond donors (Lipinski definition) is 1. The summed E-state index contributed by atoms with van der Waals surface area (Å²) in [4.78, 5) is 8.20. The van der Waals surface area contributed by atoms with Crippen LogP contribution >= 0.6 is 0 Å². The van der Waals surface area contributed by atoms with Crippen molar-refractivity contribution in [1.29, 1.82) is 0 Å². The van der Waals surface area contributed by atoms with E-state index in [0.717, 1.165) is 5.56 Å². The van der Waals surface area contributed by atoms with Crippen LogP contribution in [0.1, 0.15) is 0 Å². The van der Waals surface area contributed by atoms with Crippen LogP contribution in [0.3, 0.4) is 0 Å². The van der Waals surface area contributed by atoms with Crippen molar-refractivity contribution in [3.05, 3.63) is 48.8 Å². The van der Waals surface area contributed by atoms with Gasteiger partial charge in [0.15, 0.2) is 0 Å². The van der Waals surface area contributed by atoms with Gasteiger partial charge in [-0.1, -0.05) is 17.3 Å². The molecule has 0 unspecified atom stereocenters. The molecule has 88 valence electrons. The van der Waals surface area contributed by atoms with Crippen LogP contribution in [0.5, 0.6) is 5.75 Å². The first kappa shape index (κ1) is 10.5. The Morgan fingerprint density at radius 3 is 2.61 bits per heavy atom. The highest BCUT2D eigenvalue weighted by molar-refractivity contribution is 5.60. The number of pyridine rings is 1. The van der Waals surface area contributed by atoms with E-state index in [-0.39, 0.29) is 5.75 Å². The summed E-state index contributed by atoms with van der Waals surface area (Å²) < 4.78 is 5.17. The highest BCUT2D eigenvalue weighted by Crippen LogP contribution is 2.23. The van der Waals surface area contributed by atoms with Crippen molar-refractivity contribution in [3.63, 3.8) is 0 Å². The second-order valence-corrected chi connectivity index (χ2v) is 3.71. The molecule has 2 aromatic heterocycles. The summed E-state index contributed by atoms with van der Waals surface area (Å²) in [6, 6.07) is 10.3. The quantitative estimate of drug-likeness (QED) is 0.743. The van der Waals surface area contributed by atoms with E-state index in [9.17, 15) is 5.11 Å². The summed E-state index contributed by atoms with van der Waals surface area (Å²) in [6.07, 6.45) is 3.32. The lowest BCUT2D eigenvalue weighted by atomic mass is 10.2. The predicted octanol–water partition coefficient (Wildman–Crippen LogP) is 2.50. The van der Waals surface area contributed by atoms with Crippen molar-refractivity contribution in [2.24, 2.45) is 0 Å². The summed E-state index contributed by atoms with van der Waals surface area (Å²) in [5.41, 5.74) is 1.52. The second-order valence-electron chi connectivity index (χ2n) is 3.71. The number of benzene rings is 1. The molecule has 0 spiro atoms. The fraction of sp³-hybridized carbons (Fsp3) is 0. The number of rotatable bonds is 2. The van der Waals surface area contributed by atoms with Gasteiger partial charge in [-0.05, 0) is 24.3 Å². The summed E-state index contributed by atoms with van der Waals surface area (Å²) in [5.74, 6) is 1.04. The minimum atomic E-state index is 0.169. The monoisotopic (exact) mass is 239 g/mol. The van der Waals surface area contributed by atoms with Gasteiger partial charge in [-0.15, -0.1) is 0 Å². The molecule has 5 nitrogen and oxygen atoms in total. The first-order chi connectivity index (χ1) is 8.83. The topological polar surface area (TPSA) is 72.0 Å². The highest BCUT2D eigenvalue weighted by atomic mass is 16.5. The van der Waals surface area contributed by atoms with Crippen molar-refractivity contribution in [2.45, 2.75) is 0 Å². The molecule has 18 heavy (non-hydrogen) atoms. The summed E-state index contributed by atoms with van der Waals surface area (Å²) >= 11 is 0. The Labute approximate surface area is 103 Å². The van der Waals surface area contributed by atoms with Crippen LogP contribution in [-0.2, 0) is 0 Å². The number of nitrogens with zero attached hydrogens (tertiary/aromatic N) is 3. The van der Waals surface area contributed by atoms with E-state index in [1.165, 1.54) is 0 Å². The minimum absolute atomic E-state index is 0.169. The van der Waals surface area contributed by atoms with Crippen LogP contribution in [0, 0.1) is 0 Å². The van der Waals surface area contributed by atoms with Crippen LogP contribution in [0.25, 0.3) is 22.8 Å².